The van der Waals surface area contributed by atoms with Gasteiger partial charge in [0, 0.05) is 18.8 Å². The lowest BCUT2D eigenvalue weighted by Gasteiger charge is -2.34. The number of carboxylic acid groups (broad SMARTS) is 1. The highest BCUT2D eigenvalue weighted by atomic mass is 19.1. The quantitative estimate of drug-likeness (QED) is 0.657. The van der Waals surface area contributed by atoms with Crippen LogP contribution in [0.1, 0.15) is 43.9 Å². The standard InChI is InChI=1S/C15H13FN2O5.C6H5NO2/c16-9-3-1-2-8-12(9)15(23)18(13(8)21)10-4-5-11(20)17(6-7-19)14(10)22;8-6(9)5-1-3-7-4-2-5/h1-3,10,19H,4-7H2;1-4H,(H,8,9). The van der Waals surface area contributed by atoms with E-state index in [2.05, 4.69) is 4.98 Å². The maximum Gasteiger partial charge on any atom is 0.335 e. The monoisotopic (exact) mass is 443 g/mol. The number of imide groups is 2. The molecule has 0 bridgehead atoms. The van der Waals surface area contributed by atoms with Gasteiger partial charge in [0.15, 0.2) is 0 Å². The number of hydrogen-bond donors (Lipinski definition) is 2. The van der Waals surface area contributed by atoms with Crippen LogP contribution in [0.25, 0.3) is 0 Å². The molecule has 2 aliphatic heterocycles. The van der Waals surface area contributed by atoms with Gasteiger partial charge in [-0.3, -0.25) is 34.0 Å². The van der Waals surface area contributed by atoms with Gasteiger partial charge in [-0.1, -0.05) is 6.07 Å². The van der Waals surface area contributed by atoms with Crippen molar-refractivity contribution < 1.29 is 38.6 Å². The van der Waals surface area contributed by atoms with E-state index >= 15 is 0 Å². The molecule has 1 aromatic carbocycles. The molecule has 10 nitrogen and oxygen atoms in total. The van der Waals surface area contributed by atoms with Gasteiger partial charge in [-0.05, 0) is 30.7 Å². The summed E-state index contributed by atoms with van der Waals surface area (Å²) in [4.78, 5) is 64.3. The molecule has 1 unspecified atom stereocenters. The van der Waals surface area contributed by atoms with Crippen molar-refractivity contribution in [2.75, 3.05) is 13.2 Å². The number of hydrogen-bond acceptors (Lipinski definition) is 7. The number of carbonyl (C=O) groups excluding carboxylic acids is 4. The summed E-state index contributed by atoms with van der Waals surface area (Å²) in [5, 5.41) is 17.3. The minimum atomic E-state index is -1.16. The minimum absolute atomic E-state index is 0.00726. The topological polar surface area (TPSA) is 145 Å². The molecule has 2 aliphatic rings. The molecule has 2 aromatic rings. The number of nitrogens with zero attached hydrogens (tertiary/aromatic N) is 3. The summed E-state index contributed by atoms with van der Waals surface area (Å²) in [5.74, 6) is -4.57. The third-order valence-corrected chi connectivity index (χ3v) is 4.94. The molecular formula is C21H18FN3O7. The van der Waals surface area contributed by atoms with Crippen molar-refractivity contribution in [1.29, 1.82) is 0 Å². The van der Waals surface area contributed by atoms with E-state index in [9.17, 15) is 28.4 Å². The largest absolute Gasteiger partial charge is 0.478 e. The zero-order chi connectivity index (χ0) is 23.4. The van der Waals surface area contributed by atoms with E-state index < -0.39 is 48.1 Å². The number of fused-ring (bicyclic) bond motifs is 1. The lowest BCUT2D eigenvalue weighted by atomic mass is 10.0. The van der Waals surface area contributed by atoms with Crippen LogP contribution in [0.4, 0.5) is 4.39 Å². The molecule has 2 N–H and O–H groups in total. The summed E-state index contributed by atoms with van der Waals surface area (Å²) in [6, 6.07) is 5.43. The second-order valence-corrected chi connectivity index (χ2v) is 6.85. The van der Waals surface area contributed by atoms with Crippen molar-refractivity contribution in [2.24, 2.45) is 0 Å². The Morgan fingerprint density at radius 2 is 1.78 bits per heavy atom. The van der Waals surface area contributed by atoms with Crippen LogP contribution in [0, 0.1) is 5.82 Å². The summed E-state index contributed by atoms with van der Waals surface area (Å²) >= 11 is 0. The Bertz CT molecular complexity index is 1090. The molecule has 1 atom stereocenters. The Labute approximate surface area is 180 Å². The third-order valence-electron chi connectivity index (χ3n) is 4.94. The molecule has 3 heterocycles. The number of likely N-dealkylation sites (tertiary alicyclic amines) is 1. The number of amides is 4. The number of β-amino-alcohol motifs (C(OH)–C–C–N with tert-alkyl or cyclic N) is 1. The first-order valence-corrected chi connectivity index (χ1v) is 9.52. The molecule has 32 heavy (non-hydrogen) atoms. The van der Waals surface area contributed by atoms with Gasteiger partial charge in [0.1, 0.15) is 11.9 Å². The Morgan fingerprint density at radius 1 is 1.09 bits per heavy atom. The number of piperidine rings is 1. The van der Waals surface area contributed by atoms with Crippen LogP contribution in [0.5, 0.6) is 0 Å². The van der Waals surface area contributed by atoms with Gasteiger partial charge in [0.2, 0.25) is 5.91 Å². The molecule has 1 saturated heterocycles. The predicted molar refractivity (Wildman–Crippen MR) is 105 cm³/mol. The molecule has 1 aromatic heterocycles. The van der Waals surface area contributed by atoms with Crippen molar-refractivity contribution in [3.05, 3.63) is 65.2 Å². The zero-order valence-electron chi connectivity index (χ0n) is 16.6. The van der Waals surface area contributed by atoms with Crippen molar-refractivity contribution >= 4 is 29.6 Å². The zero-order valence-corrected chi connectivity index (χ0v) is 16.6. The molecule has 4 amide bonds. The van der Waals surface area contributed by atoms with Crippen molar-refractivity contribution in [3.8, 4) is 0 Å². The highest BCUT2D eigenvalue weighted by Crippen LogP contribution is 2.30. The van der Waals surface area contributed by atoms with Crippen LogP contribution < -0.4 is 0 Å². The Balaban J connectivity index is 0.000000269. The smallest absolute Gasteiger partial charge is 0.335 e. The number of rotatable bonds is 4. The molecule has 1 fully saturated rings. The van der Waals surface area contributed by atoms with E-state index in [0.29, 0.717) is 4.90 Å². The highest BCUT2D eigenvalue weighted by molar-refractivity contribution is 6.23. The average molecular weight is 443 g/mol. The van der Waals surface area contributed by atoms with E-state index in [1.165, 1.54) is 36.7 Å². The fourth-order valence-corrected chi connectivity index (χ4v) is 3.44. The van der Waals surface area contributed by atoms with Crippen molar-refractivity contribution in [1.82, 2.24) is 14.8 Å². The van der Waals surface area contributed by atoms with Crippen LogP contribution in [0.2, 0.25) is 0 Å². The number of pyridine rings is 1. The summed E-state index contributed by atoms with van der Waals surface area (Å²) in [6.45, 7) is -0.618. The first-order valence-electron chi connectivity index (χ1n) is 9.52. The molecule has 0 aliphatic carbocycles. The predicted octanol–water partition coefficient (Wildman–Crippen LogP) is 0.711. The number of aliphatic hydroxyl groups excluding tert-OH is 1. The van der Waals surface area contributed by atoms with Crippen molar-refractivity contribution in [3.63, 3.8) is 0 Å². The average Bonchev–Trinajstić information content (AvgIpc) is 3.04. The summed E-state index contributed by atoms with van der Waals surface area (Å²) in [5.41, 5.74) is -0.172. The normalized spacial score (nSPS) is 17.8. The van der Waals surface area contributed by atoms with Gasteiger partial charge >= 0.3 is 5.97 Å². The molecule has 166 valence electrons. The third kappa shape index (κ3) is 4.23. The van der Waals surface area contributed by atoms with E-state index in [1.54, 1.807) is 0 Å². The van der Waals surface area contributed by atoms with E-state index in [1.807, 2.05) is 0 Å². The number of aliphatic hydroxyl groups is 1. The number of benzene rings is 1. The second kappa shape index (κ2) is 9.43. The lowest BCUT2D eigenvalue weighted by molar-refractivity contribution is -0.152. The first-order chi connectivity index (χ1) is 15.3. The van der Waals surface area contributed by atoms with Gasteiger partial charge in [-0.15, -0.1) is 0 Å². The molecule has 0 spiro atoms. The van der Waals surface area contributed by atoms with Crippen LogP contribution in [-0.2, 0) is 9.59 Å². The van der Waals surface area contributed by atoms with Crippen LogP contribution >= 0.6 is 0 Å². The van der Waals surface area contributed by atoms with Gasteiger partial charge < -0.3 is 10.2 Å². The summed E-state index contributed by atoms with van der Waals surface area (Å²) in [7, 11) is 0. The van der Waals surface area contributed by atoms with E-state index in [-0.39, 0.29) is 36.1 Å². The maximum absolute atomic E-state index is 13.8. The second-order valence-electron chi connectivity index (χ2n) is 6.85. The van der Waals surface area contributed by atoms with Gasteiger partial charge in [0.05, 0.1) is 29.8 Å². The number of carbonyl (C=O) groups is 5. The van der Waals surface area contributed by atoms with Gasteiger partial charge in [-0.25, -0.2) is 9.18 Å². The Morgan fingerprint density at radius 3 is 2.34 bits per heavy atom. The number of carboxylic acids is 1. The van der Waals surface area contributed by atoms with E-state index in [0.717, 1.165) is 11.0 Å². The van der Waals surface area contributed by atoms with Crippen LogP contribution in [0.15, 0.2) is 42.7 Å². The molecule has 11 heteroatoms. The molecule has 0 saturated carbocycles. The lowest BCUT2D eigenvalue weighted by Crippen LogP contribution is -2.56. The SMILES string of the molecule is O=C(O)c1ccncc1.O=C1CCC(N2C(=O)c3cccc(F)c3C2=O)C(=O)N1CCO. The summed E-state index contributed by atoms with van der Waals surface area (Å²) in [6.07, 6.45) is 2.85. The fourth-order valence-electron chi connectivity index (χ4n) is 3.44. The molecule has 4 rings (SSSR count). The van der Waals surface area contributed by atoms with Crippen LogP contribution in [-0.4, -0.2) is 73.8 Å². The van der Waals surface area contributed by atoms with Gasteiger partial charge in [-0.2, -0.15) is 0 Å². The fraction of sp³-hybridized carbons (Fsp3) is 0.238. The first kappa shape index (κ1) is 22.7. The van der Waals surface area contributed by atoms with Crippen molar-refractivity contribution in [2.45, 2.75) is 18.9 Å². The minimum Gasteiger partial charge on any atom is -0.478 e. The molecular weight excluding hydrogens is 425 g/mol. The molecule has 0 radical (unpaired) electrons. The number of halogens is 1. The van der Waals surface area contributed by atoms with E-state index in [4.69, 9.17) is 10.2 Å². The Kier molecular flexibility index (Phi) is 6.69. The Hall–Kier alpha value is -3.99. The highest BCUT2D eigenvalue weighted by Gasteiger charge is 2.47. The van der Waals surface area contributed by atoms with Gasteiger partial charge in [0.25, 0.3) is 17.7 Å². The maximum atomic E-state index is 13.8. The van der Waals surface area contributed by atoms with Crippen LogP contribution in [0.3, 0.4) is 0 Å². The number of aromatic carboxylic acids is 1. The summed E-state index contributed by atoms with van der Waals surface area (Å²) < 4.78 is 13.8. The number of aromatic nitrogens is 1.